The molecule has 0 saturated carbocycles. The van der Waals surface area contributed by atoms with Crippen molar-refractivity contribution in [2.45, 2.75) is 128 Å². The zero-order chi connectivity index (χ0) is 37.0. The summed E-state index contributed by atoms with van der Waals surface area (Å²) in [4.78, 5) is 39.9. The van der Waals surface area contributed by atoms with Gasteiger partial charge in [-0.05, 0) is 76.3 Å². The third-order valence-corrected chi connectivity index (χ3v) is 9.90. The third kappa shape index (κ3) is 12.6. The molecule has 10 unspecified atom stereocenters. The van der Waals surface area contributed by atoms with E-state index in [1.54, 1.807) is 26.2 Å². The maximum atomic E-state index is 13.0. The van der Waals surface area contributed by atoms with E-state index in [-0.39, 0.29) is 49.4 Å². The van der Waals surface area contributed by atoms with Gasteiger partial charge in [-0.15, -0.1) is 0 Å². The lowest BCUT2D eigenvalue weighted by atomic mass is 9.89. The Balaban J connectivity index is 1.78. The van der Waals surface area contributed by atoms with Crippen molar-refractivity contribution in [3.05, 3.63) is 48.1 Å². The Morgan fingerprint density at radius 1 is 1.22 bits per heavy atom. The topological polar surface area (TPSA) is 156 Å². The number of nitrogens with zero attached hydrogens (tertiary/aromatic N) is 1. The highest BCUT2D eigenvalue weighted by Gasteiger charge is 2.52. The molecular formula is C38H60N2O10. The minimum atomic E-state index is -1.49. The van der Waals surface area contributed by atoms with Crippen LogP contribution >= 0.6 is 0 Å². The SMILES string of the molecule is C=C1/C=C/C(OC(C)=O)C(C)(O)CCC(O)CC(=O)OC1/C(C)=C/C=C/C(C)C(OC(=O)NCCN1CCCC1)C1OC1C(C)C(CC)OC. The summed E-state index contributed by atoms with van der Waals surface area (Å²) in [7, 11) is 1.69. The van der Waals surface area contributed by atoms with E-state index < -0.39 is 48.0 Å². The van der Waals surface area contributed by atoms with Gasteiger partial charge in [0.25, 0.3) is 0 Å². The molecule has 0 radical (unpaired) electrons. The quantitative estimate of drug-likeness (QED) is 0.102. The molecule has 0 spiro atoms. The van der Waals surface area contributed by atoms with Gasteiger partial charge in [0.15, 0.2) is 0 Å². The number of aliphatic hydroxyl groups is 2. The fraction of sp³-hybridized carbons (Fsp3) is 0.711. The zero-order valence-electron chi connectivity index (χ0n) is 31.0. The Bertz CT molecular complexity index is 1240. The molecule has 2 fully saturated rings. The number of allylic oxidation sites excluding steroid dienone is 2. The summed E-state index contributed by atoms with van der Waals surface area (Å²) >= 11 is 0. The van der Waals surface area contributed by atoms with Gasteiger partial charge in [-0.2, -0.15) is 0 Å². The van der Waals surface area contributed by atoms with Gasteiger partial charge in [0.05, 0.1) is 24.7 Å². The molecule has 0 bridgehead atoms. The van der Waals surface area contributed by atoms with Crippen molar-refractivity contribution in [2.75, 3.05) is 33.3 Å². The first-order valence-electron chi connectivity index (χ1n) is 18.0. The fourth-order valence-corrected chi connectivity index (χ4v) is 6.72. The normalized spacial score (nSPS) is 31.5. The third-order valence-electron chi connectivity index (χ3n) is 9.90. The number of epoxide rings is 1. The zero-order valence-corrected chi connectivity index (χ0v) is 31.0. The molecule has 10 atom stereocenters. The summed E-state index contributed by atoms with van der Waals surface area (Å²) in [5.74, 6) is -1.32. The van der Waals surface area contributed by atoms with Gasteiger partial charge in [0, 0.05) is 39.0 Å². The lowest BCUT2D eigenvalue weighted by molar-refractivity contribution is -0.156. The Kier molecular flexibility index (Phi) is 16.2. The molecule has 0 aliphatic carbocycles. The van der Waals surface area contributed by atoms with Crippen molar-refractivity contribution in [1.29, 1.82) is 0 Å². The van der Waals surface area contributed by atoms with Crippen molar-refractivity contribution in [3.63, 3.8) is 0 Å². The maximum absolute atomic E-state index is 13.0. The first kappa shape index (κ1) is 41.4. The number of ether oxygens (including phenoxy) is 5. The van der Waals surface area contributed by atoms with Gasteiger partial charge in [-0.25, -0.2) is 4.79 Å². The second-order valence-corrected chi connectivity index (χ2v) is 14.2. The molecule has 3 heterocycles. The van der Waals surface area contributed by atoms with Gasteiger partial charge >= 0.3 is 18.0 Å². The average Bonchev–Trinajstić information content (AvgIpc) is 3.68. The number of rotatable bonds is 14. The van der Waals surface area contributed by atoms with Crippen molar-refractivity contribution in [1.82, 2.24) is 10.2 Å². The van der Waals surface area contributed by atoms with Crippen LogP contribution in [0.2, 0.25) is 0 Å². The van der Waals surface area contributed by atoms with Crippen LogP contribution in [-0.4, -0.2) is 115 Å². The second-order valence-electron chi connectivity index (χ2n) is 14.2. The van der Waals surface area contributed by atoms with Crippen LogP contribution in [0.1, 0.15) is 80.1 Å². The van der Waals surface area contributed by atoms with Crippen LogP contribution < -0.4 is 5.32 Å². The summed E-state index contributed by atoms with van der Waals surface area (Å²) in [6, 6.07) is 0. The number of alkyl carbamates (subject to hydrolysis) is 1. The monoisotopic (exact) mass is 704 g/mol. The van der Waals surface area contributed by atoms with Crippen LogP contribution in [0, 0.1) is 11.8 Å². The molecule has 0 aromatic rings. The van der Waals surface area contributed by atoms with Gasteiger partial charge in [0.1, 0.15) is 30.0 Å². The largest absolute Gasteiger partial charge is 0.455 e. The lowest BCUT2D eigenvalue weighted by Gasteiger charge is -2.32. The lowest BCUT2D eigenvalue weighted by Crippen LogP contribution is -2.42. The van der Waals surface area contributed by atoms with E-state index in [0.29, 0.717) is 17.7 Å². The summed E-state index contributed by atoms with van der Waals surface area (Å²) in [6.07, 6.45) is 7.31. The molecule has 282 valence electrons. The van der Waals surface area contributed by atoms with Crippen LogP contribution in [-0.2, 0) is 33.3 Å². The molecule has 3 aliphatic rings. The first-order valence-corrected chi connectivity index (χ1v) is 18.0. The molecule has 12 heteroatoms. The Hall–Kier alpha value is -3.03. The summed E-state index contributed by atoms with van der Waals surface area (Å²) in [6.45, 7) is 18.1. The van der Waals surface area contributed by atoms with Crippen molar-refractivity contribution >= 4 is 18.0 Å². The molecule has 0 aromatic heterocycles. The molecule has 1 amide bonds. The average molecular weight is 705 g/mol. The molecule has 3 N–H and O–H groups in total. The van der Waals surface area contributed by atoms with Gasteiger partial charge in [-0.1, -0.05) is 51.7 Å². The van der Waals surface area contributed by atoms with E-state index in [9.17, 15) is 24.6 Å². The molecular weight excluding hydrogens is 644 g/mol. The minimum Gasteiger partial charge on any atom is -0.455 e. The minimum absolute atomic E-state index is 0.0173. The summed E-state index contributed by atoms with van der Waals surface area (Å²) in [5, 5.41) is 24.4. The molecule has 50 heavy (non-hydrogen) atoms. The van der Waals surface area contributed by atoms with Crippen LogP contribution in [0.3, 0.4) is 0 Å². The van der Waals surface area contributed by atoms with Gasteiger partial charge in [-0.3, -0.25) is 9.59 Å². The summed E-state index contributed by atoms with van der Waals surface area (Å²) in [5.41, 5.74) is -0.468. The van der Waals surface area contributed by atoms with Gasteiger partial charge < -0.3 is 44.1 Å². The number of esters is 2. The highest BCUT2D eigenvalue weighted by Crippen LogP contribution is 2.39. The van der Waals surface area contributed by atoms with E-state index in [1.165, 1.54) is 32.8 Å². The number of amides is 1. The van der Waals surface area contributed by atoms with Crippen LogP contribution in [0.25, 0.3) is 0 Å². The predicted octanol–water partition coefficient (Wildman–Crippen LogP) is 4.40. The number of likely N-dealkylation sites (tertiary alicyclic amines) is 1. The number of carbonyl (C=O) groups is 3. The van der Waals surface area contributed by atoms with Crippen molar-refractivity contribution in [3.8, 4) is 0 Å². The fourth-order valence-electron chi connectivity index (χ4n) is 6.72. The number of hydrogen-bond donors (Lipinski definition) is 3. The highest BCUT2D eigenvalue weighted by molar-refractivity contribution is 5.71. The molecule has 3 aliphatic heterocycles. The van der Waals surface area contributed by atoms with Gasteiger partial charge in [0.2, 0.25) is 0 Å². The predicted molar refractivity (Wildman–Crippen MR) is 189 cm³/mol. The van der Waals surface area contributed by atoms with Crippen molar-refractivity contribution in [2.24, 2.45) is 11.8 Å². The van der Waals surface area contributed by atoms with Crippen LogP contribution in [0.15, 0.2) is 48.1 Å². The van der Waals surface area contributed by atoms with Crippen LogP contribution in [0.5, 0.6) is 0 Å². The van der Waals surface area contributed by atoms with E-state index in [2.05, 4.69) is 30.6 Å². The first-order chi connectivity index (χ1) is 23.7. The van der Waals surface area contributed by atoms with E-state index >= 15 is 0 Å². The standard InChI is InChI=1S/C38H60N2O10/c1-9-30(46-8)27(5)35-36(49-35)34(50-37(44)39-19-22-40-20-10-11-21-40)25(3)14-12-13-24(2)33-26(4)15-16-31(47-28(6)41)38(7,45)18-17-29(42)23-32(43)48-33/h12-16,25,27,29-31,33-36,42,45H,4,9-11,17-23H2,1-3,5-8H3,(H,39,44)/b14-12+,16-15+,24-13+. The Morgan fingerprint density at radius 3 is 2.56 bits per heavy atom. The number of hydrogen-bond acceptors (Lipinski definition) is 11. The number of carbonyl (C=O) groups excluding carboxylic acids is 3. The van der Waals surface area contributed by atoms with Crippen LogP contribution in [0.4, 0.5) is 4.79 Å². The Morgan fingerprint density at radius 2 is 1.92 bits per heavy atom. The van der Waals surface area contributed by atoms with E-state index in [1.807, 2.05) is 19.1 Å². The summed E-state index contributed by atoms with van der Waals surface area (Å²) < 4.78 is 28.9. The second kappa shape index (κ2) is 19.5. The van der Waals surface area contributed by atoms with Crippen molar-refractivity contribution < 1.29 is 48.3 Å². The Labute approximate surface area is 297 Å². The maximum Gasteiger partial charge on any atom is 0.407 e. The molecule has 0 aromatic carbocycles. The molecule has 12 nitrogen and oxygen atoms in total. The smallest absolute Gasteiger partial charge is 0.407 e. The number of cyclic esters (lactones) is 1. The molecule has 2 saturated heterocycles. The highest BCUT2D eigenvalue weighted by atomic mass is 16.6. The molecule has 3 rings (SSSR count). The van der Waals surface area contributed by atoms with E-state index in [0.717, 1.165) is 26.1 Å². The number of methoxy groups -OCH3 is 1. The van der Waals surface area contributed by atoms with E-state index in [4.69, 9.17) is 23.7 Å². The number of nitrogens with one attached hydrogen (secondary N) is 1. The number of aliphatic hydroxyl groups excluding tert-OH is 1.